The summed E-state index contributed by atoms with van der Waals surface area (Å²) >= 11 is 0.963. The second-order valence-electron chi connectivity index (χ2n) is 4.10. The van der Waals surface area contributed by atoms with Crippen LogP contribution in [0.2, 0.25) is 0.515 Å². The molecule has 0 aliphatic heterocycles. The molecule has 0 radical (unpaired) electrons. The summed E-state index contributed by atoms with van der Waals surface area (Å²) in [4.78, 5) is 0. The number of rotatable bonds is 7. The van der Waals surface area contributed by atoms with E-state index in [2.05, 4.69) is 0 Å². The molecule has 0 spiro atoms. The number of hydrogen-bond donors (Lipinski definition) is 3. The Bertz CT molecular complexity index is 308. The molecule has 0 saturated heterocycles. The Morgan fingerprint density at radius 1 is 0.842 bits per heavy atom. The van der Waals surface area contributed by atoms with E-state index in [4.69, 9.17) is 30.9 Å². The second kappa shape index (κ2) is 14.5. The van der Waals surface area contributed by atoms with Crippen molar-refractivity contribution >= 4 is 56.3 Å². The molecule has 0 aromatic heterocycles. The van der Waals surface area contributed by atoms with E-state index in [1.54, 1.807) is 18.2 Å². The van der Waals surface area contributed by atoms with Crippen molar-refractivity contribution in [2.24, 2.45) is 5.41 Å². The Morgan fingerprint density at radius 2 is 1.21 bits per heavy atom. The van der Waals surface area contributed by atoms with E-state index in [1.165, 1.54) is 13.4 Å². The number of nitrogens with zero attached hydrogens (tertiary/aromatic N) is 3. The van der Waals surface area contributed by atoms with Crippen LogP contribution in [0.25, 0.3) is 0 Å². The molecule has 8 heteroatoms. The molecule has 3 N–H and O–H groups in total. The summed E-state index contributed by atoms with van der Waals surface area (Å²) in [6.07, 6.45) is 5.95. The zero-order valence-electron chi connectivity index (χ0n) is 11.2. The van der Waals surface area contributed by atoms with Crippen molar-refractivity contribution in [1.82, 2.24) is 0 Å². The van der Waals surface area contributed by atoms with E-state index in [1.807, 2.05) is 0 Å². The molecule has 0 aromatic carbocycles. The van der Waals surface area contributed by atoms with Gasteiger partial charge in [-0.2, -0.15) is 0 Å². The fourth-order valence-corrected chi connectivity index (χ4v) is 2.19. The van der Waals surface area contributed by atoms with E-state index in [0.29, 0.717) is 6.42 Å². The molecule has 98 valence electrons. The molecule has 0 saturated carbocycles. The van der Waals surface area contributed by atoms with E-state index in [0.717, 1.165) is 68.2 Å². The predicted octanol–water partition coefficient (Wildman–Crippen LogP) is 0.419. The molecule has 0 amide bonds. The monoisotopic (exact) mass is 289 g/mol. The first-order chi connectivity index (χ1) is 8.97. The van der Waals surface area contributed by atoms with E-state index in [9.17, 15) is 0 Å². The van der Waals surface area contributed by atoms with Crippen molar-refractivity contribution < 1.29 is 15.1 Å². The molecule has 0 unspecified atom stereocenters. The van der Waals surface area contributed by atoms with Gasteiger partial charge in [0.1, 0.15) is 0 Å². The maximum Gasteiger partial charge on any atom is 0.631 e. The van der Waals surface area contributed by atoms with Gasteiger partial charge in [-0.1, -0.05) is 0 Å². The van der Waals surface area contributed by atoms with Crippen LogP contribution in [0, 0.1) is 39.4 Å². The molecule has 0 rings (SSSR count). The summed E-state index contributed by atoms with van der Waals surface area (Å²) in [5, 5.41) is 47.7. The van der Waals surface area contributed by atoms with Crippen molar-refractivity contribution in [2.45, 2.75) is 39.0 Å². The van der Waals surface area contributed by atoms with Gasteiger partial charge >= 0.3 is 135 Å². The quantitative estimate of drug-likeness (QED) is 0.459. The van der Waals surface area contributed by atoms with Gasteiger partial charge in [0.15, 0.2) is 0 Å². The van der Waals surface area contributed by atoms with Gasteiger partial charge in [0, 0.05) is 0 Å². The van der Waals surface area contributed by atoms with Gasteiger partial charge in [0.2, 0.25) is 0 Å². The van der Waals surface area contributed by atoms with Crippen LogP contribution >= 0.6 is 0 Å². The summed E-state index contributed by atoms with van der Waals surface area (Å²) in [6, 6.07) is 5.41. The molecule has 0 fully saturated rings. The van der Waals surface area contributed by atoms with Crippen LogP contribution in [-0.4, -0.2) is 71.3 Å². The summed E-state index contributed by atoms with van der Waals surface area (Å²) in [7, 11) is -2.17. The topological polar surface area (TPSA) is 132 Å². The Hall–Kier alpha value is 0.0513. The SMILES string of the molecule is N#CC(C#N)(C#N)CCCCCC[CH2][K].OB(O)O. The first-order valence-corrected chi connectivity index (χ1v) is 8.46. The standard InChI is InChI=1S/C11H14N3.BH3O3.K/c1-2-3-4-5-6-7-11(8-12,9-13)10-14;2-1(3)4;/h1-7H2;2-4H;. The Labute approximate surface area is 148 Å². The number of unbranched alkanes of at least 4 members (excludes halogenated alkanes) is 4. The molecule has 0 atom stereocenters. The van der Waals surface area contributed by atoms with Crippen LogP contribution in [0.5, 0.6) is 0 Å². The summed E-state index contributed by atoms with van der Waals surface area (Å²) in [6.45, 7) is 0. The van der Waals surface area contributed by atoms with Gasteiger partial charge in [-0.15, -0.1) is 0 Å². The van der Waals surface area contributed by atoms with Crippen LogP contribution in [0.4, 0.5) is 0 Å². The van der Waals surface area contributed by atoms with Crippen molar-refractivity contribution in [3.8, 4) is 18.2 Å². The molecular formula is C11H17BKN3O3. The minimum atomic E-state index is -2.17. The molecule has 0 aliphatic rings. The molecule has 6 nitrogen and oxygen atoms in total. The van der Waals surface area contributed by atoms with Crippen molar-refractivity contribution in [2.75, 3.05) is 0 Å². The molecule has 0 heterocycles. The minimum absolute atomic E-state index is 0.389. The van der Waals surface area contributed by atoms with Gasteiger partial charge in [-0.05, 0) is 0 Å². The first kappa shape index (κ1) is 21.4. The van der Waals surface area contributed by atoms with Crippen molar-refractivity contribution in [3.05, 3.63) is 0 Å². The molecule has 19 heavy (non-hydrogen) atoms. The van der Waals surface area contributed by atoms with E-state index >= 15 is 0 Å². The van der Waals surface area contributed by atoms with Gasteiger partial charge in [-0.3, -0.25) is 0 Å². The van der Waals surface area contributed by atoms with Crippen LogP contribution in [0.1, 0.15) is 38.5 Å². The average molecular weight is 289 g/mol. The summed E-state index contributed by atoms with van der Waals surface area (Å²) in [5.74, 6) is 0. The zero-order valence-corrected chi connectivity index (χ0v) is 14.3. The van der Waals surface area contributed by atoms with Crippen molar-refractivity contribution in [3.63, 3.8) is 0 Å². The number of hydrogen-bond acceptors (Lipinski definition) is 6. The maximum absolute atomic E-state index is 8.73. The second-order valence-corrected chi connectivity index (χ2v) is 5.67. The van der Waals surface area contributed by atoms with Gasteiger partial charge in [0.25, 0.3) is 0 Å². The molecule has 0 aromatic rings. The van der Waals surface area contributed by atoms with Gasteiger partial charge < -0.3 is 15.1 Å². The van der Waals surface area contributed by atoms with E-state index in [-0.39, 0.29) is 0 Å². The Kier molecular flexibility index (Phi) is 16.2. The smallest absolute Gasteiger partial charge is 0.402 e. The summed E-state index contributed by atoms with van der Waals surface area (Å²) in [5.41, 5.74) is -1.40. The molecule has 0 aliphatic carbocycles. The van der Waals surface area contributed by atoms with Crippen LogP contribution in [0.3, 0.4) is 0 Å². The number of nitriles is 3. The van der Waals surface area contributed by atoms with Crippen LogP contribution in [-0.2, 0) is 0 Å². The fraction of sp³-hybridized carbons (Fsp3) is 0.727. The predicted molar refractivity (Wildman–Crippen MR) is 69.9 cm³/mol. The third kappa shape index (κ3) is 14.3. The normalized spacial score (nSPS) is 9.37. The maximum atomic E-state index is 8.73. The Morgan fingerprint density at radius 3 is 1.58 bits per heavy atom. The summed E-state index contributed by atoms with van der Waals surface area (Å²) < 4.78 is 1.39. The largest absolute Gasteiger partial charge is 0.631 e. The zero-order chi connectivity index (χ0) is 15.1. The third-order valence-corrected chi connectivity index (χ3v) is 3.58. The van der Waals surface area contributed by atoms with Crippen LogP contribution in [0.15, 0.2) is 0 Å². The molecule has 0 bridgehead atoms. The third-order valence-electron chi connectivity index (χ3n) is 2.48. The minimum Gasteiger partial charge on any atom is -0.402 e. The van der Waals surface area contributed by atoms with Gasteiger partial charge in [-0.25, -0.2) is 0 Å². The van der Waals surface area contributed by atoms with Crippen LogP contribution < -0.4 is 0 Å². The van der Waals surface area contributed by atoms with E-state index < -0.39 is 12.7 Å². The fourth-order valence-electron chi connectivity index (χ4n) is 1.41. The molecular weight excluding hydrogens is 272 g/mol. The van der Waals surface area contributed by atoms with Gasteiger partial charge in [0.05, 0.1) is 0 Å². The Balaban J connectivity index is 0. The first-order valence-electron chi connectivity index (χ1n) is 6.26. The van der Waals surface area contributed by atoms with Crippen molar-refractivity contribution in [1.29, 1.82) is 15.8 Å². The average Bonchev–Trinajstić information content (AvgIpc) is 2.38.